The minimum atomic E-state index is -0.757. The highest BCUT2D eigenvalue weighted by atomic mass is 16.5. The van der Waals surface area contributed by atoms with Gasteiger partial charge >= 0.3 is 5.97 Å². The molecule has 1 aromatic heterocycles. The van der Waals surface area contributed by atoms with E-state index in [1.54, 1.807) is 6.20 Å². The van der Waals surface area contributed by atoms with Crippen LogP contribution in [-0.2, 0) is 4.79 Å². The summed E-state index contributed by atoms with van der Waals surface area (Å²) in [6.45, 7) is 4.05. The zero-order chi connectivity index (χ0) is 13.1. The van der Waals surface area contributed by atoms with E-state index in [1.807, 2.05) is 19.1 Å². The smallest absolute Gasteiger partial charge is 0.310 e. The van der Waals surface area contributed by atoms with Crippen molar-refractivity contribution in [2.45, 2.75) is 39.2 Å². The van der Waals surface area contributed by atoms with Crippen LogP contribution in [0.5, 0.6) is 5.75 Å². The number of pyridine rings is 1. The number of carboxylic acid groups (broad SMARTS) is 1. The lowest BCUT2D eigenvalue weighted by atomic mass is 9.80. The lowest BCUT2D eigenvalue weighted by molar-refractivity contribution is -0.147. The Balaban J connectivity index is 2.08. The second-order valence-corrected chi connectivity index (χ2v) is 5.15. The second kappa shape index (κ2) is 5.38. The molecule has 1 heterocycles. The highest BCUT2D eigenvalue weighted by Crippen LogP contribution is 2.32. The van der Waals surface area contributed by atoms with Gasteiger partial charge in [-0.15, -0.1) is 0 Å². The van der Waals surface area contributed by atoms with E-state index >= 15 is 0 Å². The van der Waals surface area contributed by atoms with Gasteiger partial charge in [0.05, 0.1) is 12.1 Å². The summed E-state index contributed by atoms with van der Waals surface area (Å²) in [5.74, 6) is 0.0180. The number of carbonyl (C=O) groups is 1. The van der Waals surface area contributed by atoms with Crippen LogP contribution in [-0.4, -0.2) is 22.2 Å². The summed E-state index contributed by atoms with van der Waals surface area (Å²) in [6.07, 6.45) is 3.87. The van der Waals surface area contributed by atoms with E-state index in [2.05, 4.69) is 11.9 Å². The molecule has 2 rings (SSSR count). The van der Waals surface area contributed by atoms with Crippen LogP contribution in [0.25, 0.3) is 0 Å². The molecule has 0 amide bonds. The summed E-state index contributed by atoms with van der Waals surface area (Å²) in [5.41, 5.74) is 0.925. The van der Waals surface area contributed by atoms with Crippen molar-refractivity contribution in [3.8, 4) is 5.75 Å². The van der Waals surface area contributed by atoms with Crippen molar-refractivity contribution < 1.29 is 14.6 Å². The summed E-state index contributed by atoms with van der Waals surface area (Å²) in [7, 11) is 0. The Morgan fingerprint density at radius 1 is 1.44 bits per heavy atom. The average molecular weight is 249 g/mol. The molecule has 18 heavy (non-hydrogen) atoms. The van der Waals surface area contributed by atoms with Crippen LogP contribution < -0.4 is 4.74 Å². The fourth-order valence-corrected chi connectivity index (χ4v) is 2.44. The molecule has 3 unspecified atom stereocenters. The van der Waals surface area contributed by atoms with Gasteiger partial charge in [-0.3, -0.25) is 9.78 Å². The predicted octanol–water partition coefficient (Wildman–Crippen LogP) is 2.66. The molecule has 1 aromatic rings. The number of carboxylic acids is 1. The van der Waals surface area contributed by atoms with Crippen LogP contribution in [0.1, 0.15) is 31.9 Å². The third-order valence-corrected chi connectivity index (χ3v) is 3.54. The van der Waals surface area contributed by atoms with E-state index in [4.69, 9.17) is 4.74 Å². The topological polar surface area (TPSA) is 59.4 Å². The average Bonchev–Trinajstić information content (AvgIpc) is 2.32. The Hall–Kier alpha value is -1.58. The third-order valence-electron chi connectivity index (χ3n) is 3.54. The molecule has 4 nitrogen and oxygen atoms in total. The highest BCUT2D eigenvalue weighted by Gasteiger charge is 2.35. The standard InChI is InChI=1S/C14H19NO3/c1-9-3-6-12(14(16)17)13(7-9)18-11-5-4-10(2)15-8-11/h4-5,8-9,12-13H,3,6-7H2,1-2H3,(H,16,17). The van der Waals surface area contributed by atoms with E-state index in [0.717, 1.165) is 18.5 Å². The van der Waals surface area contributed by atoms with Crippen molar-refractivity contribution in [3.63, 3.8) is 0 Å². The third kappa shape index (κ3) is 3.00. The molecule has 0 aliphatic heterocycles. The maximum Gasteiger partial charge on any atom is 0.310 e. The molecule has 0 bridgehead atoms. The molecule has 1 saturated carbocycles. The largest absolute Gasteiger partial charge is 0.488 e. The molecule has 0 saturated heterocycles. The fourth-order valence-electron chi connectivity index (χ4n) is 2.44. The Labute approximate surface area is 107 Å². The SMILES string of the molecule is Cc1ccc(OC2CC(C)CCC2C(=O)O)cn1. The maximum atomic E-state index is 11.2. The number of ether oxygens (including phenoxy) is 1. The molecular formula is C14H19NO3. The van der Waals surface area contributed by atoms with Crippen molar-refractivity contribution in [1.29, 1.82) is 0 Å². The molecule has 0 radical (unpaired) electrons. The molecule has 4 heteroatoms. The quantitative estimate of drug-likeness (QED) is 0.894. The lowest BCUT2D eigenvalue weighted by Crippen LogP contribution is -2.38. The Morgan fingerprint density at radius 2 is 2.22 bits per heavy atom. The number of aromatic nitrogens is 1. The van der Waals surface area contributed by atoms with Crippen molar-refractivity contribution >= 4 is 5.97 Å². The number of nitrogens with zero attached hydrogens (tertiary/aromatic N) is 1. The summed E-state index contributed by atoms with van der Waals surface area (Å²) in [4.78, 5) is 15.4. The zero-order valence-corrected chi connectivity index (χ0v) is 10.8. The second-order valence-electron chi connectivity index (χ2n) is 5.15. The van der Waals surface area contributed by atoms with Gasteiger partial charge in [-0.05, 0) is 44.2 Å². The van der Waals surface area contributed by atoms with Gasteiger partial charge in [0.1, 0.15) is 11.9 Å². The predicted molar refractivity (Wildman–Crippen MR) is 67.5 cm³/mol. The molecule has 1 aliphatic rings. The number of hydrogen-bond donors (Lipinski definition) is 1. The molecule has 1 fully saturated rings. The first-order valence-electron chi connectivity index (χ1n) is 6.38. The van der Waals surface area contributed by atoms with E-state index in [9.17, 15) is 9.90 Å². The van der Waals surface area contributed by atoms with Crippen LogP contribution in [0.2, 0.25) is 0 Å². The van der Waals surface area contributed by atoms with Crippen LogP contribution in [0, 0.1) is 18.8 Å². The van der Waals surface area contributed by atoms with E-state index < -0.39 is 11.9 Å². The molecule has 1 N–H and O–H groups in total. The number of aryl methyl sites for hydroxylation is 1. The van der Waals surface area contributed by atoms with Crippen molar-refractivity contribution in [2.75, 3.05) is 0 Å². The van der Waals surface area contributed by atoms with Crippen LogP contribution >= 0.6 is 0 Å². The van der Waals surface area contributed by atoms with Gasteiger partial charge in [0.15, 0.2) is 0 Å². The fraction of sp³-hybridized carbons (Fsp3) is 0.571. The molecule has 1 aliphatic carbocycles. The zero-order valence-electron chi connectivity index (χ0n) is 10.8. The van der Waals surface area contributed by atoms with Crippen LogP contribution in [0.4, 0.5) is 0 Å². The van der Waals surface area contributed by atoms with Gasteiger partial charge in [0.25, 0.3) is 0 Å². The van der Waals surface area contributed by atoms with Crippen LogP contribution in [0.15, 0.2) is 18.3 Å². The first kappa shape index (κ1) is 12.9. The van der Waals surface area contributed by atoms with E-state index in [1.165, 1.54) is 0 Å². The summed E-state index contributed by atoms with van der Waals surface area (Å²) < 4.78 is 5.81. The molecular weight excluding hydrogens is 230 g/mol. The summed E-state index contributed by atoms with van der Waals surface area (Å²) in [5, 5.41) is 9.22. The first-order valence-corrected chi connectivity index (χ1v) is 6.38. The first-order chi connectivity index (χ1) is 8.56. The van der Waals surface area contributed by atoms with Gasteiger partial charge in [-0.2, -0.15) is 0 Å². The molecule has 0 aromatic carbocycles. The molecule has 0 spiro atoms. The minimum absolute atomic E-state index is 0.240. The van der Waals surface area contributed by atoms with E-state index in [0.29, 0.717) is 18.1 Å². The monoisotopic (exact) mass is 249 g/mol. The van der Waals surface area contributed by atoms with Crippen molar-refractivity contribution in [2.24, 2.45) is 11.8 Å². The van der Waals surface area contributed by atoms with Gasteiger partial charge < -0.3 is 9.84 Å². The van der Waals surface area contributed by atoms with Crippen LogP contribution in [0.3, 0.4) is 0 Å². The molecule has 98 valence electrons. The Kier molecular flexibility index (Phi) is 3.84. The maximum absolute atomic E-state index is 11.2. The van der Waals surface area contributed by atoms with Gasteiger partial charge in [-0.25, -0.2) is 0 Å². The normalized spacial score (nSPS) is 27.8. The van der Waals surface area contributed by atoms with E-state index in [-0.39, 0.29) is 6.10 Å². The Morgan fingerprint density at radius 3 is 2.83 bits per heavy atom. The van der Waals surface area contributed by atoms with Gasteiger partial charge in [0, 0.05) is 5.69 Å². The van der Waals surface area contributed by atoms with Gasteiger partial charge in [0.2, 0.25) is 0 Å². The molecule has 3 atom stereocenters. The lowest BCUT2D eigenvalue weighted by Gasteiger charge is -2.32. The minimum Gasteiger partial charge on any atom is -0.488 e. The van der Waals surface area contributed by atoms with Crippen molar-refractivity contribution in [1.82, 2.24) is 4.98 Å². The number of aliphatic carboxylic acids is 1. The number of rotatable bonds is 3. The van der Waals surface area contributed by atoms with Crippen molar-refractivity contribution in [3.05, 3.63) is 24.0 Å². The Bertz CT molecular complexity index is 416. The summed E-state index contributed by atoms with van der Waals surface area (Å²) in [6, 6.07) is 3.72. The van der Waals surface area contributed by atoms with Gasteiger partial charge in [-0.1, -0.05) is 6.92 Å². The summed E-state index contributed by atoms with van der Waals surface area (Å²) >= 11 is 0. The number of hydrogen-bond acceptors (Lipinski definition) is 3. The highest BCUT2D eigenvalue weighted by molar-refractivity contribution is 5.70.